The van der Waals surface area contributed by atoms with E-state index in [2.05, 4.69) is 11.9 Å². The Bertz CT molecular complexity index is 216. The van der Waals surface area contributed by atoms with E-state index in [1.807, 2.05) is 0 Å². The quantitative estimate of drug-likeness (QED) is 0.388. The van der Waals surface area contributed by atoms with E-state index in [0.29, 0.717) is 13.0 Å². The number of rotatable bonds is 6. The third-order valence-corrected chi connectivity index (χ3v) is 1.74. The van der Waals surface area contributed by atoms with Crippen molar-refractivity contribution in [1.82, 2.24) is 5.32 Å². The van der Waals surface area contributed by atoms with Crippen molar-refractivity contribution in [3.8, 4) is 0 Å². The molecule has 0 aromatic rings. The second kappa shape index (κ2) is 7.23. The fourth-order valence-corrected chi connectivity index (χ4v) is 0.905. The highest BCUT2D eigenvalue weighted by molar-refractivity contribution is 6.02. The molecule has 0 radical (unpaired) electrons. The van der Waals surface area contributed by atoms with Gasteiger partial charge < -0.3 is 11.5 Å². The van der Waals surface area contributed by atoms with Gasteiger partial charge in [-0.05, 0) is 25.5 Å². The van der Waals surface area contributed by atoms with Gasteiger partial charge in [-0.3, -0.25) is 14.9 Å². The minimum atomic E-state index is -0.648. The van der Waals surface area contributed by atoms with Gasteiger partial charge in [0.1, 0.15) is 0 Å². The molecule has 0 aliphatic carbocycles. The minimum Gasteiger partial charge on any atom is -0.330 e. The predicted molar refractivity (Wildman–Crippen MR) is 54.2 cm³/mol. The topological polar surface area (TPSA) is 98.2 Å². The van der Waals surface area contributed by atoms with Gasteiger partial charge in [-0.2, -0.15) is 0 Å². The van der Waals surface area contributed by atoms with Gasteiger partial charge in [0.25, 0.3) is 0 Å². The summed E-state index contributed by atoms with van der Waals surface area (Å²) in [5.41, 5.74) is 10.8. The highest BCUT2D eigenvalue weighted by atomic mass is 16.2. The summed E-state index contributed by atoms with van der Waals surface area (Å²) in [5, 5.41) is 2.10. The molecule has 0 aliphatic rings. The Morgan fingerprint density at radius 1 is 1.43 bits per heavy atom. The molecule has 0 saturated carbocycles. The average Bonchev–Trinajstić information content (AvgIpc) is 2.17. The summed E-state index contributed by atoms with van der Waals surface area (Å²) in [5.74, 6) is -0.990. The van der Waals surface area contributed by atoms with Gasteiger partial charge in [-0.15, -0.1) is 0 Å². The van der Waals surface area contributed by atoms with E-state index in [9.17, 15) is 9.59 Å². The Labute approximate surface area is 83.5 Å². The van der Waals surface area contributed by atoms with Crippen molar-refractivity contribution in [2.45, 2.75) is 25.3 Å². The van der Waals surface area contributed by atoms with Gasteiger partial charge in [0.2, 0.25) is 11.8 Å². The zero-order chi connectivity index (χ0) is 11.0. The molecule has 5 heteroatoms. The summed E-state index contributed by atoms with van der Waals surface area (Å²) in [6.07, 6.45) is 3.18. The van der Waals surface area contributed by atoms with Crippen molar-refractivity contribution in [3.05, 3.63) is 12.7 Å². The summed E-state index contributed by atoms with van der Waals surface area (Å²) >= 11 is 0. The lowest BCUT2D eigenvalue weighted by Crippen LogP contribution is -2.42. The standard InChI is InChI=1S/C9H17N3O2/c1-2-8(13)12-9(14)7(11)5-3-4-6-10/h2,7H,1,3-6,10-11H2,(H,12,13,14)/t7-/m0/s1. The maximum atomic E-state index is 11.2. The Kier molecular flexibility index (Phi) is 6.61. The Morgan fingerprint density at radius 3 is 2.57 bits per heavy atom. The van der Waals surface area contributed by atoms with Crippen LogP contribution in [0.2, 0.25) is 0 Å². The Balaban J connectivity index is 3.75. The smallest absolute Gasteiger partial charge is 0.249 e. The van der Waals surface area contributed by atoms with Crippen LogP contribution in [-0.4, -0.2) is 24.4 Å². The van der Waals surface area contributed by atoms with Crippen LogP contribution >= 0.6 is 0 Å². The monoisotopic (exact) mass is 199 g/mol. The van der Waals surface area contributed by atoms with Crippen molar-refractivity contribution in [2.24, 2.45) is 11.5 Å². The number of nitrogens with two attached hydrogens (primary N) is 2. The molecule has 0 bridgehead atoms. The first-order chi connectivity index (χ1) is 6.61. The van der Waals surface area contributed by atoms with E-state index in [0.717, 1.165) is 18.9 Å². The van der Waals surface area contributed by atoms with Gasteiger partial charge in [0.05, 0.1) is 6.04 Å². The van der Waals surface area contributed by atoms with Gasteiger partial charge in [-0.1, -0.05) is 13.0 Å². The van der Waals surface area contributed by atoms with E-state index in [1.165, 1.54) is 0 Å². The van der Waals surface area contributed by atoms with Gasteiger partial charge >= 0.3 is 0 Å². The summed E-state index contributed by atoms with van der Waals surface area (Å²) in [7, 11) is 0. The first kappa shape index (κ1) is 12.8. The molecule has 1 atom stereocenters. The van der Waals surface area contributed by atoms with Crippen molar-refractivity contribution >= 4 is 11.8 Å². The number of unbranched alkanes of at least 4 members (excludes halogenated alkanes) is 1. The molecule has 0 rings (SSSR count). The Morgan fingerprint density at radius 2 is 2.07 bits per heavy atom. The van der Waals surface area contributed by atoms with Crippen LogP contribution in [0, 0.1) is 0 Å². The molecular formula is C9H17N3O2. The van der Waals surface area contributed by atoms with Crippen LogP contribution in [0.4, 0.5) is 0 Å². The molecule has 5 nitrogen and oxygen atoms in total. The molecule has 0 fully saturated rings. The second-order valence-electron chi connectivity index (χ2n) is 2.95. The lowest BCUT2D eigenvalue weighted by atomic mass is 10.1. The zero-order valence-electron chi connectivity index (χ0n) is 8.16. The van der Waals surface area contributed by atoms with Crippen LogP contribution in [0.1, 0.15) is 19.3 Å². The molecule has 2 amide bonds. The molecule has 0 aliphatic heterocycles. The Hall–Kier alpha value is -1.20. The van der Waals surface area contributed by atoms with E-state index in [4.69, 9.17) is 11.5 Å². The average molecular weight is 199 g/mol. The zero-order valence-corrected chi connectivity index (χ0v) is 8.16. The lowest BCUT2D eigenvalue weighted by Gasteiger charge is -2.09. The van der Waals surface area contributed by atoms with Crippen LogP contribution < -0.4 is 16.8 Å². The fourth-order valence-electron chi connectivity index (χ4n) is 0.905. The van der Waals surface area contributed by atoms with Crippen LogP contribution in [0.5, 0.6) is 0 Å². The first-order valence-corrected chi connectivity index (χ1v) is 4.54. The highest BCUT2D eigenvalue weighted by Crippen LogP contribution is 1.97. The number of hydrogen-bond donors (Lipinski definition) is 3. The van der Waals surface area contributed by atoms with Crippen molar-refractivity contribution in [3.63, 3.8) is 0 Å². The highest BCUT2D eigenvalue weighted by Gasteiger charge is 2.13. The summed E-state index contributed by atoms with van der Waals surface area (Å²) in [4.78, 5) is 21.9. The van der Waals surface area contributed by atoms with Gasteiger partial charge in [0.15, 0.2) is 0 Å². The number of imide groups is 1. The minimum absolute atomic E-state index is 0.466. The summed E-state index contributed by atoms with van der Waals surface area (Å²) in [6, 6.07) is -0.648. The van der Waals surface area contributed by atoms with E-state index >= 15 is 0 Å². The van der Waals surface area contributed by atoms with E-state index in [-0.39, 0.29) is 0 Å². The summed E-state index contributed by atoms with van der Waals surface area (Å²) < 4.78 is 0. The molecule has 5 N–H and O–H groups in total. The third-order valence-electron chi connectivity index (χ3n) is 1.74. The van der Waals surface area contributed by atoms with E-state index < -0.39 is 17.9 Å². The second-order valence-corrected chi connectivity index (χ2v) is 2.95. The number of nitrogens with one attached hydrogen (secondary N) is 1. The van der Waals surface area contributed by atoms with Gasteiger partial charge in [0, 0.05) is 0 Å². The maximum absolute atomic E-state index is 11.2. The van der Waals surface area contributed by atoms with Crippen molar-refractivity contribution in [1.29, 1.82) is 0 Å². The molecule has 0 aromatic heterocycles. The predicted octanol–water partition coefficient (Wildman–Crippen LogP) is -0.728. The van der Waals surface area contributed by atoms with Gasteiger partial charge in [-0.25, -0.2) is 0 Å². The number of amides is 2. The van der Waals surface area contributed by atoms with Crippen molar-refractivity contribution in [2.75, 3.05) is 6.54 Å². The first-order valence-electron chi connectivity index (χ1n) is 4.54. The van der Waals surface area contributed by atoms with Crippen LogP contribution in [0.3, 0.4) is 0 Å². The van der Waals surface area contributed by atoms with Crippen LogP contribution in [-0.2, 0) is 9.59 Å². The maximum Gasteiger partial charge on any atom is 0.249 e. The fraction of sp³-hybridized carbons (Fsp3) is 0.556. The van der Waals surface area contributed by atoms with Crippen molar-refractivity contribution < 1.29 is 9.59 Å². The van der Waals surface area contributed by atoms with E-state index in [1.54, 1.807) is 0 Å². The number of carbonyl (C=O) groups excluding carboxylic acids is 2. The molecule has 80 valence electrons. The molecular weight excluding hydrogens is 182 g/mol. The van der Waals surface area contributed by atoms with Crippen LogP contribution in [0.15, 0.2) is 12.7 Å². The summed E-state index contributed by atoms with van der Waals surface area (Å²) in [6.45, 7) is 3.81. The molecule has 0 saturated heterocycles. The lowest BCUT2D eigenvalue weighted by molar-refractivity contribution is -0.129. The SMILES string of the molecule is C=CC(=O)NC(=O)[C@@H](N)CCCCN. The largest absolute Gasteiger partial charge is 0.330 e. The molecule has 0 aromatic carbocycles. The normalized spacial score (nSPS) is 11.9. The molecule has 0 spiro atoms. The third kappa shape index (κ3) is 5.45. The molecule has 0 heterocycles. The molecule has 0 unspecified atom stereocenters. The number of hydrogen-bond acceptors (Lipinski definition) is 4. The number of carbonyl (C=O) groups is 2. The molecule has 14 heavy (non-hydrogen) atoms. The van der Waals surface area contributed by atoms with Crippen LogP contribution in [0.25, 0.3) is 0 Å².